The predicted octanol–water partition coefficient (Wildman–Crippen LogP) is 1.55. The number of carbonyl (C=O) groups is 1. The van der Waals surface area contributed by atoms with Crippen LogP contribution in [0.4, 0.5) is 5.13 Å². The fourth-order valence-corrected chi connectivity index (χ4v) is 2.46. The largest absolute Gasteiger partial charge is 0.300 e. The number of benzene rings is 1. The summed E-state index contributed by atoms with van der Waals surface area (Å²) in [5, 5.41) is 16.2. The van der Waals surface area contributed by atoms with Gasteiger partial charge in [-0.1, -0.05) is 30.3 Å². The average Bonchev–Trinajstić information content (AvgIpc) is 3.19. The van der Waals surface area contributed by atoms with Crippen LogP contribution in [0.3, 0.4) is 0 Å². The molecular formula is C13H12N6OS. The minimum Gasteiger partial charge on any atom is -0.300 e. The SMILES string of the molecule is O=C(Nc1nccs1)[C@H](Cc1ccccc1)n1cnnn1. The number of amides is 1. The molecule has 0 spiro atoms. The van der Waals surface area contributed by atoms with Gasteiger partial charge in [0.1, 0.15) is 12.4 Å². The molecule has 1 N–H and O–H groups in total. The van der Waals surface area contributed by atoms with Gasteiger partial charge in [-0.15, -0.1) is 16.4 Å². The summed E-state index contributed by atoms with van der Waals surface area (Å²) in [7, 11) is 0. The smallest absolute Gasteiger partial charge is 0.251 e. The van der Waals surface area contributed by atoms with Gasteiger partial charge >= 0.3 is 0 Å². The summed E-state index contributed by atoms with van der Waals surface area (Å²) < 4.78 is 1.45. The normalized spacial score (nSPS) is 12.0. The molecule has 0 radical (unpaired) electrons. The molecule has 0 aliphatic heterocycles. The van der Waals surface area contributed by atoms with Crippen molar-refractivity contribution < 1.29 is 4.79 Å². The van der Waals surface area contributed by atoms with Crippen LogP contribution >= 0.6 is 11.3 Å². The van der Waals surface area contributed by atoms with Gasteiger partial charge in [0.05, 0.1) is 0 Å². The first-order chi connectivity index (χ1) is 10.3. The van der Waals surface area contributed by atoms with Crippen LogP contribution in [-0.4, -0.2) is 31.1 Å². The second-order valence-electron chi connectivity index (χ2n) is 4.32. The van der Waals surface area contributed by atoms with Crippen LogP contribution in [0.2, 0.25) is 0 Å². The molecule has 3 rings (SSSR count). The maximum absolute atomic E-state index is 12.5. The number of hydrogen-bond acceptors (Lipinski definition) is 6. The van der Waals surface area contributed by atoms with Crippen molar-refractivity contribution in [3.8, 4) is 0 Å². The third-order valence-corrected chi connectivity index (χ3v) is 3.61. The van der Waals surface area contributed by atoms with Crippen LogP contribution in [0, 0.1) is 0 Å². The first-order valence-electron chi connectivity index (χ1n) is 6.29. The van der Waals surface area contributed by atoms with Gasteiger partial charge in [0.2, 0.25) is 0 Å². The van der Waals surface area contributed by atoms with E-state index in [1.54, 1.807) is 11.6 Å². The Bertz CT molecular complexity index is 683. The summed E-state index contributed by atoms with van der Waals surface area (Å²) in [6.45, 7) is 0. The first kappa shape index (κ1) is 13.4. The molecule has 0 bridgehead atoms. The molecule has 1 atom stereocenters. The van der Waals surface area contributed by atoms with Gasteiger partial charge in [-0.3, -0.25) is 4.79 Å². The second-order valence-corrected chi connectivity index (χ2v) is 5.22. The van der Waals surface area contributed by atoms with E-state index in [2.05, 4.69) is 25.8 Å². The van der Waals surface area contributed by atoms with E-state index >= 15 is 0 Å². The monoisotopic (exact) mass is 300 g/mol. The zero-order chi connectivity index (χ0) is 14.5. The van der Waals surface area contributed by atoms with E-state index in [9.17, 15) is 4.79 Å². The molecule has 1 amide bonds. The molecular weight excluding hydrogens is 288 g/mol. The lowest BCUT2D eigenvalue weighted by Crippen LogP contribution is -2.28. The Morgan fingerprint density at radius 3 is 2.86 bits per heavy atom. The van der Waals surface area contributed by atoms with Crippen LogP contribution in [0.5, 0.6) is 0 Å². The van der Waals surface area contributed by atoms with Gasteiger partial charge in [-0.05, 0) is 16.0 Å². The summed E-state index contributed by atoms with van der Waals surface area (Å²) in [6.07, 6.45) is 3.58. The molecule has 21 heavy (non-hydrogen) atoms. The van der Waals surface area contributed by atoms with Gasteiger partial charge in [0.15, 0.2) is 5.13 Å². The molecule has 0 saturated heterocycles. The van der Waals surface area contributed by atoms with E-state index in [4.69, 9.17) is 0 Å². The van der Waals surface area contributed by atoms with Crippen LogP contribution in [0.25, 0.3) is 0 Å². The molecule has 2 aromatic heterocycles. The summed E-state index contributed by atoms with van der Waals surface area (Å²) in [6, 6.07) is 9.22. The highest BCUT2D eigenvalue weighted by molar-refractivity contribution is 7.13. The van der Waals surface area contributed by atoms with Crippen molar-refractivity contribution in [2.45, 2.75) is 12.5 Å². The van der Waals surface area contributed by atoms with Crippen LogP contribution < -0.4 is 5.32 Å². The van der Waals surface area contributed by atoms with Gasteiger partial charge in [-0.2, -0.15) is 0 Å². The number of carbonyl (C=O) groups excluding carboxylic acids is 1. The zero-order valence-corrected chi connectivity index (χ0v) is 11.8. The number of thiazole rings is 1. The molecule has 0 saturated carbocycles. The number of aromatic nitrogens is 5. The van der Waals surface area contributed by atoms with E-state index in [-0.39, 0.29) is 5.91 Å². The molecule has 1 aromatic carbocycles. The van der Waals surface area contributed by atoms with Crippen molar-refractivity contribution in [1.29, 1.82) is 0 Å². The lowest BCUT2D eigenvalue weighted by Gasteiger charge is -2.15. The first-order valence-corrected chi connectivity index (χ1v) is 7.17. The van der Waals surface area contributed by atoms with Crippen molar-refractivity contribution in [3.63, 3.8) is 0 Å². The average molecular weight is 300 g/mol. The highest BCUT2D eigenvalue weighted by atomic mass is 32.1. The summed E-state index contributed by atoms with van der Waals surface area (Å²) >= 11 is 1.37. The van der Waals surface area contributed by atoms with Crippen molar-refractivity contribution in [2.75, 3.05) is 5.32 Å². The van der Waals surface area contributed by atoms with E-state index < -0.39 is 6.04 Å². The number of anilines is 1. The highest BCUT2D eigenvalue weighted by Gasteiger charge is 2.23. The molecule has 7 nitrogen and oxygen atoms in total. The van der Waals surface area contributed by atoms with Crippen LogP contribution in [0.15, 0.2) is 48.2 Å². The number of nitrogens with one attached hydrogen (secondary N) is 1. The Hall–Kier alpha value is -2.61. The molecule has 106 valence electrons. The Balaban J connectivity index is 1.81. The minimum atomic E-state index is -0.522. The van der Waals surface area contributed by atoms with Gasteiger partial charge in [-0.25, -0.2) is 9.67 Å². The number of nitrogens with zero attached hydrogens (tertiary/aromatic N) is 5. The van der Waals surface area contributed by atoms with Gasteiger partial charge in [0.25, 0.3) is 5.91 Å². The topological polar surface area (TPSA) is 85.6 Å². The molecule has 0 aliphatic rings. The number of rotatable bonds is 5. The maximum Gasteiger partial charge on any atom is 0.251 e. The fraction of sp³-hybridized carbons (Fsp3) is 0.154. The number of tetrazole rings is 1. The fourth-order valence-electron chi connectivity index (χ4n) is 1.93. The summed E-state index contributed by atoms with van der Waals surface area (Å²) in [5.41, 5.74) is 1.03. The molecule has 0 fully saturated rings. The maximum atomic E-state index is 12.5. The Morgan fingerprint density at radius 1 is 1.33 bits per heavy atom. The van der Waals surface area contributed by atoms with E-state index in [1.165, 1.54) is 22.3 Å². The third kappa shape index (κ3) is 3.29. The van der Waals surface area contributed by atoms with Crippen LogP contribution in [-0.2, 0) is 11.2 Å². The Kier molecular flexibility index (Phi) is 3.97. The van der Waals surface area contributed by atoms with Crippen molar-refractivity contribution >= 4 is 22.4 Å². The van der Waals surface area contributed by atoms with Crippen LogP contribution in [0.1, 0.15) is 11.6 Å². The molecule has 0 aliphatic carbocycles. The Labute approximate surface area is 124 Å². The lowest BCUT2D eigenvalue weighted by atomic mass is 10.1. The summed E-state index contributed by atoms with van der Waals surface area (Å²) in [4.78, 5) is 16.5. The molecule has 0 unspecified atom stereocenters. The van der Waals surface area contributed by atoms with Crippen molar-refractivity contribution in [3.05, 3.63) is 53.8 Å². The third-order valence-electron chi connectivity index (χ3n) is 2.92. The lowest BCUT2D eigenvalue weighted by molar-refractivity contribution is -0.119. The number of hydrogen-bond donors (Lipinski definition) is 1. The standard InChI is InChI=1S/C13H12N6OS/c20-12(16-13-14-6-7-21-13)11(19-9-15-17-18-19)8-10-4-2-1-3-5-10/h1-7,9,11H,8H2,(H,14,16,20)/t11-/m0/s1. The molecule has 3 aromatic rings. The summed E-state index contributed by atoms with van der Waals surface area (Å²) in [5.74, 6) is -0.193. The molecule has 2 heterocycles. The van der Waals surface area contributed by atoms with Gasteiger partial charge in [0, 0.05) is 18.0 Å². The molecule has 8 heteroatoms. The van der Waals surface area contributed by atoms with E-state index in [1.807, 2.05) is 30.3 Å². The quantitative estimate of drug-likeness (QED) is 0.772. The Morgan fingerprint density at radius 2 is 2.19 bits per heavy atom. The van der Waals surface area contributed by atoms with Crippen molar-refractivity contribution in [1.82, 2.24) is 25.2 Å². The minimum absolute atomic E-state index is 0.193. The van der Waals surface area contributed by atoms with Crippen molar-refractivity contribution in [2.24, 2.45) is 0 Å². The zero-order valence-electron chi connectivity index (χ0n) is 11.0. The van der Waals surface area contributed by atoms with E-state index in [0.29, 0.717) is 11.6 Å². The van der Waals surface area contributed by atoms with Gasteiger partial charge < -0.3 is 5.32 Å². The second kappa shape index (κ2) is 6.23. The van der Waals surface area contributed by atoms with E-state index in [0.717, 1.165) is 5.56 Å². The predicted molar refractivity (Wildman–Crippen MR) is 77.7 cm³/mol. The highest BCUT2D eigenvalue weighted by Crippen LogP contribution is 2.17.